The van der Waals surface area contributed by atoms with E-state index in [0.29, 0.717) is 27.8 Å². The van der Waals surface area contributed by atoms with Gasteiger partial charge >= 0.3 is 11.9 Å². The van der Waals surface area contributed by atoms with Crippen LogP contribution in [0.5, 0.6) is 0 Å². The van der Waals surface area contributed by atoms with Crippen molar-refractivity contribution in [3.63, 3.8) is 0 Å². The fourth-order valence-electron chi connectivity index (χ4n) is 12.4. The minimum Gasteiger partial charge on any atom is -0.481 e. The van der Waals surface area contributed by atoms with Crippen LogP contribution < -0.4 is 10.6 Å². The Morgan fingerprint density at radius 1 is 0.598 bits per heavy atom. The Morgan fingerprint density at radius 3 is 1.48 bits per heavy atom. The van der Waals surface area contributed by atoms with Gasteiger partial charge < -0.3 is 30.3 Å². The maximum absolute atomic E-state index is 13.6. The van der Waals surface area contributed by atoms with Gasteiger partial charge in [0.25, 0.3) is 11.8 Å². The van der Waals surface area contributed by atoms with Gasteiger partial charge in [0.1, 0.15) is 17.7 Å². The highest BCUT2D eigenvalue weighted by molar-refractivity contribution is 9.10. The molecule has 2 aromatic carbocycles. The number of esters is 1. The Morgan fingerprint density at radius 2 is 1.07 bits per heavy atom. The van der Waals surface area contributed by atoms with Crippen LogP contribution in [-0.2, 0) is 47.6 Å². The Kier molecular flexibility index (Phi) is 22.9. The van der Waals surface area contributed by atoms with E-state index in [1.165, 1.54) is 90.9 Å². The Bertz CT molecular complexity index is 3550. The summed E-state index contributed by atoms with van der Waals surface area (Å²) in [5, 5.41) is 15.3. The summed E-state index contributed by atoms with van der Waals surface area (Å²) in [5.41, 5.74) is 5.20. The molecule has 1 unspecified atom stereocenters. The minimum absolute atomic E-state index is 0.0764. The number of amides is 4. The number of likely N-dealkylation sites (tertiary alicyclic amines) is 2. The number of halogens is 1. The fourth-order valence-corrected chi connectivity index (χ4v) is 14.5. The average Bonchev–Trinajstić information content (AvgIpc) is 1.18. The van der Waals surface area contributed by atoms with Gasteiger partial charge in [0.05, 0.1) is 26.1 Å². The van der Waals surface area contributed by atoms with Crippen LogP contribution in [0.15, 0.2) is 108 Å². The van der Waals surface area contributed by atoms with Gasteiger partial charge in [0.15, 0.2) is 11.6 Å². The van der Waals surface area contributed by atoms with E-state index in [1.54, 1.807) is 29.4 Å². The van der Waals surface area contributed by atoms with Gasteiger partial charge in [-0.2, -0.15) is 0 Å². The lowest BCUT2D eigenvalue weighted by Crippen LogP contribution is -2.59. The zero-order chi connectivity index (χ0) is 66.1. The lowest BCUT2D eigenvalue weighted by molar-refractivity contribution is -0.168. The van der Waals surface area contributed by atoms with Gasteiger partial charge in [-0.3, -0.25) is 28.8 Å². The van der Waals surface area contributed by atoms with E-state index in [1.807, 2.05) is 93.8 Å². The zero-order valence-electron chi connectivity index (χ0n) is 55.1. The molecule has 16 nitrogen and oxygen atoms in total. The normalized spacial score (nSPS) is 18.6. The van der Waals surface area contributed by atoms with E-state index in [-0.39, 0.29) is 78.9 Å². The smallest absolute Gasteiger partial charge is 0.313 e. The first-order valence-corrected chi connectivity index (χ1v) is 35.1. The molecule has 92 heavy (non-hydrogen) atoms. The third-order valence-electron chi connectivity index (χ3n) is 18.0. The maximum atomic E-state index is 13.6. The quantitative estimate of drug-likeness (QED) is 0.0481. The second-order valence-electron chi connectivity index (χ2n) is 28.5. The lowest BCUT2D eigenvalue weighted by atomic mass is 9.70. The van der Waals surface area contributed by atoms with Gasteiger partial charge in [-0.25, -0.2) is 19.9 Å². The molecule has 3 N–H and O–H groups in total. The van der Waals surface area contributed by atoms with Crippen molar-refractivity contribution in [3.8, 4) is 22.8 Å². The summed E-state index contributed by atoms with van der Waals surface area (Å²) in [4.78, 5) is 102. The van der Waals surface area contributed by atoms with Crippen LogP contribution >= 0.6 is 38.6 Å². The molecule has 0 spiro atoms. The molecule has 4 aromatic heterocycles. The molecule has 10 rings (SSSR count). The summed E-state index contributed by atoms with van der Waals surface area (Å²) >= 11 is 6.20. The number of nitrogens with one attached hydrogen (secondary N) is 2. The molecule has 2 saturated heterocycles. The lowest BCUT2D eigenvalue weighted by Gasteiger charge is -2.40. The van der Waals surface area contributed by atoms with Crippen LogP contribution in [0, 0.1) is 29.6 Å². The van der Waals surface area contributed by atoms with E-state index in [9.17, 15) is 33.9 Å². The number of carbonyl (C=O) groups excluding carboxylic acids is 5. The highest BCUT2D eigenvalue weighted by Gasteiger charge is 2.42. The van der Waals surface area contributed by atoms with Crippen molar-refractivity contribution in [1.29, 1.82) is 0 Å². The third kappa shape index (κ3) is 18.7. The van der Waals surface area contributed by atoms with E-state index >= 15 is 0 Å². The summed E-state index contributed by atoms with van der Waals surface area (Å²) in [6.07, 6.45) is 25.0. The topological polar surface area (TPSA) is 214 Å². The van der Waals surface area contributed by atoms with Crippen molar-refractivity contribution in [2.24, 2.45) is 29.6 Å². The summed E-state index contributed by atoms with van der Waals surface area (Å²) < 4.78 is 6.27. The first kappa shape index (κ1) is 69.4. The molecule has 3 atom stereocenters. The highest BCUT2D eigenvalue weighted by Crippen LogP contribution is 2.42. The average molecular weight is 1350 g/mol. The van der Waals surface area contributed by atoms with Gasteiger partial charge in [0, 0.05) is 90.3 Å². The number of unbranched alkanes of at least 4 members (excludes halogenated alkanes) is 2. The molecule has 3 fully saturated rings. The number of allylic oxidation sites excluding steroid dienone is 2. The highest BCUT2D eigenvalue weighted by atomic mass is 79.9. The van der Waals surface area contributed by atoms with Gasteiger partial charge in [-0.15, -0.1) is 22.7 Å². The number of benzene rings is 2. The number of rotatable bonds is 20. The molecule has 490 valence electrons. The van der Waals surface area contributed by atoms with Crippen molar-refractivity contribution in [2.45, 2.75) is 181 Å². The van der Waals surface area contributed by atoms with Crippen molar-refractivity contribution >= 4 is 79.7 Å². The number of thiophene rings is 2. The number of ether oxygens (including phenoxy) is 1. The SMILES string of the molecule is CC(C)(C)OC(=O)C1CN(C(=O)[C@H](Cc2ccc(-c3ncc(Br)cn3)cc2)NC(=O)c2ccc(C(C)(C)C)s2)C1.CCCCCC1CCC(C2CC=C(c3cnc(-c4ccc(C[C@H](NC(=O)c5ccc(C(C)(C)C)s5)C(=O)N5CC(C(=O)O)C5)cc4)nc3)CC2)CC1. The Labute approximate surface area is 559 Å². The fraction of sp³-hybridized carbons (Fsp3) is 0.507. The third-order valence-corrected chi connectivity index (χ3v) is 21.4. The number of aromatic nitrogens is 4. The molecule has 4 aliphatic rings. The van der Waals surface area contributed by atoms with E-state index < -0.39 is 29.6 Å². The van der Waals surface area contributed by atoms with Crippen molar-refractivity contribution < 1.29 is 38.6 Å². The molecule has 4 amide bonds. The summed E-state index contributed by atoms with van der Waals surface area (Å²) in [6.45, 7) is 21.2. The van der Waals surface area contributed by atoms with Gasteiger partial charge in [-0.1, -0.05) is 142 Å². The molecular formula is C73H91BrN8O8S2. The van der Waals surface area contributed by atoms with Crippen molar-refractivity contribution in [1.82, 2.24) is 40.4 Å². The second-order valence-corrected chi connectivity index (χ2v) is 31.6. The van der Waals surface area contributed by atoms with E-state index in [2.05, 4.69) is 91.1 Å². The summed E-state index contributed by atoms with van der Waals surface area (Å²) in [7, 11) is 0. The number of carbonyl (C=O) groups is 6. The Hall–Kier alpha value is -6.96. The molecule has 6 heterocycles. The number of nitrogens with zero attached hydrogens (tertiary/aromatic N) is 6. The van der Waals surface area contributed by atoms with Crippen LogP contribution in [-0.4, -0.2) is 114 Å². The molecule has 2 aliphatic heterocycles. The van der Waals surface area contributed by atoms with Crippen LogP contribution in [0.1, 0.15) is 186 Å². The number of aliphatic carboxylic acids is 1. The monoisotopic (exact) mass is 1350 g/mol. The molecule has 19 heteroatoms. The van der Waals surface area contributed by atoms with Crippen molar-refractivity contribution in [3.05, 3.63) is 144 Å². The number of hydrogen-bond acceptors (Lipinski definition) is 13. The zero-order valence-corrected chi connectivity index (χ0v) is 58.3. The van der Waals surface area contributed by atoms with Gasteiger partial charge in [-0.05, 0) is 138 Å². The first-order valence-electron chi connectivity index (χ1n) is 32.7. The summed E-state index contributed by atoms with van der Waals surface area (Å²) in [6, 6.07) is 21.3. The van der Waals surface area contributed by atoms with E-state index in [0.717, 1.165) is 72.6 Å². The Balaban J connectivity index is 0.000000225. The van der Waals surface area contributed by atoms with Crippen LogP contribution in [0.2, 0.25) is 0 Å². The van der Waals surface area contributed by atoms with Crippen LogP contribution in [0.4, 0.5) is 0 Å². The first-order chi connectivity index (χ1) is 43.7. The molecule has 0 bridgehead atoms. The minimum atomic E-state index is -0.909. The molecule has 2 aliphatic carbocycles. The number of carboxylic acids is 1. The van der Waals surface area contributed by atoms with E-state index in [4.69, 9.17) is 14.7 Å². The van der Waals surface area contributed by atoms with Crippen molar-refractivity contribution in [2.75, 3.05) is 26.2 Å². The number of hydrogen-bond donors (Lipinski definition) is 3. The number of carboxylic acid groups (broad SMARTS) is 1. The van der Waals surface area contributed by atoms with Crippen LogP contribution in [0.3, 0.4) is 0 Å². The van der Waals surface area contributed by atoms with Gasteiger partial charge in [0.2, 0.25) is 11.8 Å². The standard InChI is InChI=1S/C43H56N4O4S.C30H35BrN4O4S/c1-5-6-7-8-28-9-13-30(14-10-28)31-17-19-32(20-18-31)34-24-44-39(45-25-34)33-15-11-29(12-16-33)23-36(41(49)47-26-35(27-47)42(50)51)46-40(48)37-21-22-38(52-37)43(2,3)4;1-29(2,3)24-12-11-23(40-24)26(36)34-22(27(37)35-16-20(17-35)28(38)39-30(4,5)6)13-18-7-9-19(10-8-18)25-32-14-21(31)15-33-25/h11-12,15-16,19,21-22,24-25,28,30-31,35-36H,5-10,13-14,17-18,20,23,26-27H2,1-4H3,(H,46,48)(H,50,51);7-12,14-15,20,22H,13,16-17H2,1-6H3,(H,34,36)/t28?,30?,31?,36-;22-/m00/s1. The maximum Gasteiger partial charge on any atom is 0.313 e. The summed E-state index contributed by atoms with van der Waals surface area (Å²) in [5.74, 6) is 0.663. The molecule has 0 radical (unpaired) electrons. The van der Waals surface area contributed by atoms with Crippen LogP contribution in [0.25, 0.3) is 28.3 Å². The predicted octanol–water partition coefficient (Wildman–Crippen LogP) is 14.4. The largest absolute Gasteiger partial charge is 0.481 e. The predicted molar refractivity (Wildman–Crippen MR) is 367 cm³/mol. The molecular weight excluding hydrogens is 1260 g/mol. The molecule has 1 saturated carbocycles. The second kappa shape index (κ2) is 30.4. The molecule has 6 aromatic rings.